The maximum absolute atomic E-state index is 4.30. The fourth-order valence-electron chi connectivity index (χ4n) is 9.04. The average molecular weight is 684 g/mol. The van der Waals surface area contributed by atoms with Crippen molar-refractivity contribution in [3.8, 4) is 44.5 Å². The minimum absolute atomic E-state index is 0. The molecule has 1 heterocycles. The Kier molecular flexibility index (Phi) is 7.58. The number of benzene rings is 7. The van der Waals surface area contributed by atoms with Crippen molar-refractivity contribution < 1.29 is 0 Å². The van der Waals surface area contributed by atoms with Crippen molar-refractivity contribution in [2.24, 2.45) is 0 Å². The molecule has 0 saturated heterocycles. The summed E-state index contributed by atoms with van der Waals surface area (Å²) < 4.78 is 0. The maximum Gasteiger partial charge on any atom is 0.0725 e. The number of allylic oxidation sites excluding steroid dienone is 5. The number of nitrogens with one attached hydrogen (secondary N) is 1. The minimum Gasteiger partial charge on any atom is -0.355 e. The molecule has 0 amide bonds. The van der Waals surface area contributed by atoms with Crippen LogP contribution in [0.4, 0.5) is 0 Å². The van der Waals surface area contributed by atoms with E-state index in [1.54, 1.807) is 0 Å². The van der Waals surface area contributed by atoms with Crippen LogP contribution < -0.4 is 0 Å². The Bertz CT molecular complexity index is 2780. The fourth-order valence-corrected chi connectivity index (χ4v) is 9.04. The Morgan fingerprint density at radius 2 is 1.04 bits per heavy atom. The van der Waals surface area contributed by atoms with Crippen LogP contribution in [0.2, 0.25) is 0 Å². The quantitative estimate of drug-likeness (QED) is 0.174. The van der Waals surface area contributed by atoms with Gasteiger partial charge in [-0.2, -0.15) is 9.90 Å². The van der Waals surface area contributed by atoms with Gasteiger partial charge in [0.15, 0.2) is 0 Å². The van der Waals surface area contributed by atoms with E-state index < -0.39 is 5.41 Å². The molecular formula is C50H38NP. The molecule has 2 aliphatic rings. The molecule has 248 valence electrons. The number of H-pyrrole nitrogens is 1. The lowest BCUT2D eigenvalue weighted by atomic mass is 9.69. The molecule has 1 N–H and O–H groups in total. The Labute approximate surface area is 308 Å². The second-order valence-electron chi connectivity index (χ2n) is 13.7. The summed E-state index contributed by atoms with van der Waals surface area (Å²) >= 11 is 0. The summed E-state index contributed by atoms with van der Waals surface area (Å²) in [4.78, 5) is 3.70. The molecule has 7 aromatic carbocycles. The third-order valence-corrected chi connectivity index (χ3v) is 11.1. The SMILES string of the molecule is C=CC1=C(/C=C\C)C2(c3ccccc31)c1ccccc1-c1c(-c3ccc4[nH]c5ccc(-c6cccc(-c7ccccc7)c6)cc5c4c3)cccc12.P. The molecule has 0 bridgehead atoms. The van der Waals surface area contributed by atoms with Gasteiger partial charge in [0.2, 0.25) is 0 Å². The van der Waals surface area contributed by atoms with Gasteiger partial charge >= 0.3 is 0 Å². The van der Waals surface area contributed by atoms with Crippen LogP contribution in [0.5, 0.6) is 0 Å². The fraction of sp³-hybridized carbons (Fsp3) is 0.0400. The molecule has 1 aromatic heterocycles. The first kappa shape index (κ1) is 31.9. The predicted octanol–water partition coefficient (Wildman–Crippen LogP) is 13.2. The minimum atomic E-state index is -0.414. The smallest absolute Gasteiger partial charge is 0.0725 e. The van der Waals surface area contributed by atoms with Gasteiger partial charge in [-0.1, -0.05) is 152 Å². The molecule has 1 nitrogen and oxygen atoms in total. The van der Waals surface area contributed by atoms with E-state index in [1.807, 2.05) is 6.08 Å². The van der Waals surface area contributed by atoms with Crippen molar-refractivity contribution in [3.63, 3.8) is 0 Å². The molecule has 0 radical (unpaired) electrons. The lowest BCUT2D eigenvalue weighted by molar-refractivity contribution is 0.786. The van der Waals surface area contributed by atoms with Crippen LogP contribution in [0.1, 0.15) is 29.2 Å². The van der Waals surface area contributed by atoms with Crippen molar-refractivity contribution >= 4 is 37.3 Å². The second kappa shape index (κ2) is 12.3. The van der Waals surface area contributed by atoms with E-state index >= 15 is 0 Å². The molecule has 2 heteroatoms. The maximum atomic E-state index is 4.30. The highest BCUT2D eigenvalue weighted by Gasteiger charge is 2.52. The normalized spacial score (nSPS) is 15.6. The molecular weight excluding hydrogens is 646 g/mol. The molecule has 2 unspecified atom stereocenters. The van der Waals surface area contributed by atoms with Crippen molar-refractivity contribution in [2.75, 3.05) is 0 Å². The Morgan fingerprint density at radius 3 is 1.77 bits per heavy atom. The average Bonchev–Trinajstić information content (AvgIpc) is 3.81. The molecule has 1 spiro atoms. The van der Waals surface area contributed by atoms with Gasteiger partial charge in [0, 0.05) is 21.8 Å². The molecule has 2 atom stereocenters. The van der Waals surface area contributed by atoms with Crippen molar-refractivity contribution in [2.45, 2.75) is 12.3 Å². The lowest BCUT2D eigenvalue weighted by Gasteiger charge is -2.31. The summed E-state index contributed by atoms with van der Waals surface area (Å²) in [5.41, 5.74) is 19.6. The highest BCUT2D eigenvalue weighted by Crippen LogP contribution is 2.63. The molecule has 10 rings (SSSR count). The zero-order chi connectivity index (χ0) is 34.1. The monoisotopic (exact) mass is 683 g/mol. The molecule has 0 aliphatic heterocycles. The van der Waals surface area contributed by atoms with E-state index in [4.69, 9.17) is 0 Å². The van der Waals surface area contributed by atoms with Gasteiger partial charge in [0.1, 0.15) is 0 Å². The number of aromatic amines is 1. The van der Waals surface area contributed by atoms with Gasteiger partial charge in [0.05, 0.1) is 5.41 Å². The van der Waals surface area contributed by atoms with Crippen LogP contribution in [0.15, 0.2) is 188 Å². The highest BCUT2D eigenvalue weighted by molar-refractivity contribution is 6.92. The first-order chi connectivity index (χ1) is 25.2. The largest absolute Gasteiger partial charge is 0.355 e. The summed E-state index contributed by atoms with van der Waals surface area (Å²) in [5.74, 6) is 0. The van der Waals surface area contributed by atoms with Crippen LogP contribution in [-0.4, -0.2) is 4.98 Å². The van der Waals surface area contributed by atoms with Gasteiger partial charge < -0.3 is 4.98 Å². The van der Waals surface area contributed by atoms with Gasteiger partial charge in [0.25, 0.3) is 0 Å². The number of fused-ring (bicyclic) bond motifs is 10. The highest BCUT2D eigenvalue weighted by atomic mass is 31.0. The first-order valence-corrected chi connectivity index (χ1v) is 17.8. The van der Waals surface area contributed by atoms with E-state index in [0.717, 1.165) is 11.0 Å². The molecule has 8 aromatic rings. The number of rotatable bonds is 5. The van der Waals surface area contributed by atoms with Gasteiger partial charge in [-0.3, -0.25) is 0 Å². The number of hydrogen-bond donors (Lipinski definition) is 1. The summed E-state index contributed by atoms with van der Waals surface area (Å²) in [6.45, 7) is 6.42. The summed E-state index contributed by atoms with van der Waals surface area (Å²) in [6.07, 6.45) is 6.53. The second-order valence-corrected chi connectivity index (χ2v) is 13.7. The molecule has 0 saturated carbocycles. The molecule has 52 heavy (non-hydrogen) atoms. The Morgan fingerprint density at radius 1 is 0.500 bits per heavy atom. The van der Waals surface area contributed by atoms with Crippen LogP contribution in [0.3, 0.4) is 0 Å². The number of hydrogen-bond acceptors (Lipinski definition) is 0. The van der Waals surface area contributed by atoms with E-state index in [1.165, 1.54) is 88.7 Å². The van der Waals surface area contributed by atoms with E-state index in [2.05, 4.69) is 188 Å². The van der Waals surface area contributed by atoms with E-state index in [9.17, 15) is 0 Å². The van der Waals surface area contributed by atoms with Crippen molar-refractivity contribution in [1.29, 1.82) is 0 Å². The first-order valence-electron chi connectivity index (χ1n) is 17.8. The third kappa shape index (κ3) is 4.46. The number of aromatic nitrogens is 1. The van der Waals surface area contributed by atoms with Crippen LogP contribution in [0, 0.1) is 0 Å². The van der Waals surface area contributed by atoms with E-state index in [-0.39, 0.29) is 9.90 Å². The van der Waals surface area contributed by atoms with Crippen LogP contribution in [-0.2, 0) is 5.41 Å². The Hall–Kier alpha value is -6.01. The summed E-state index contributed by atoms with van der Waals surface area (Å²) in [7, 11) is 0. The van der Waals surface area contributed by atoms with Gasteiger partial charge in [-0.05, 0) is 115 Å². The zero-order valence-electron chi connectivity index (χ0n) is 29.2. The van der Waals surface area contributed by atoms with Crippen molar-refractivity contribution in [1.82, 2.24) is 4.98 Å². The standard InChI is InChI=1S/C50H35N.H3P/c1-3-14-43-37(4-2)39-19-8-10-22-44(39)50(43)45-23-11-9-20-40(45)49-38(21-13-24-46(49)50)36-26-28-48-42(31-36)41-30-35(25-27-47(41)51-48)34-18-12-17-33(29-34)32-15-6-5-7-16-32;/h3-31,51H,2H2,1H3;1H3/b14-3-;. The van der Waals surface area contributed by atoms with Gasteiger partial charge in [-0.15, -0.1) is 0 Å². The summed E-state index contributed by atoms with van der Waals surface area (Å²) in [5, 5.41) is 2.47. The molecule has 2 aliphatic carbocycles. The lowest BCUT2D eigenvalue weighted by Crippen LogP contribution is -2.26. The Balaban J connectivity index is 0.00000360. The topological polar surface area (TPSA) is 15.8 Å². The van der Waals surface area contributed by atoms with Crippen LogP contribution in [0.25, 0.3) is 71.9 Å². The van der Waals surface area contributed by atoms with Crippen molar-refractivity contribution in [3.05, 3.63) is 210 Å². The summed E-state index contributed by atoms with van der Waals surface area (Å²) in [6, 6.07) is 58.0. The van der Waals surface area contributed by atoms with E-state index in [0.29, 0.717) is 0 Å². The third-order valence-electron chi connectivity index (χ3n) is 11.1. The van der Waals surface area contributed by atoms with Crippen LogP contribution >= 0.6 is 9.90 Å². The van der Waals surface area contributed by atoms with Gasteiger partial charge in [-0.25, -0.2) is 0 Å². The zero-order valence-corrected chi connectivity index (χ0v) is 30.6. The molecule has 0 fully saturated rings. The predicted molar refractivity (Wildman–Crippen MR) is 227 cm³/mol.